The molecule has 0 aliphatic heterocycles. The molecule has 2 aromatic carbocycles. The lowest BCUT2D eigenvalue weighted by Gasteiger charge is -2.11. The second-order valence-corrected chi connectivity index (χ2v) is 6.01. The molecule has 0 aliphatic carbocycles. The average molecular weight is 450 g/mol. The minimum atomic E-state index is -4.78. The van der Waals surface area contributed by atoms with Crippen molar-refractivity contribution in [3.63, 3.8) is 0 Å². The van der Waals surface area contributed by atoms with Crippen LogP contribution in [-0.4, -0.2) is 36.6 Å². The molecule has 1 heterocycles. The highest BCUT2D eigenvalue weighted by atomic mass is 19.4. The van der Waals surface area contributed by atoms with Crippen LogP contribution in [0.25, 0.3) is 0 Å². The van der Waals surface area contributed by atoms with E-state index in [4.69, 9.17) is 14.2 Å². The number of alkyl halides is 3. The zero-order chi connectivity index (χ0) is 23.1. The Morgan fingerprint density at radius 3 is 1.72 bits per heavy atom. The maximum Gasteiger partial charge on any atom is 0.573 e. The van der Waals surface area contributed by atoms with Crippen molar-refractivity contribution in [3.8, 4) is 29.3 Å². The van der Waals surface area contributed by atoms with Crippen molar-refractivity contribution in [2.75, 3.05) is 24.9 Å². The molecule has 3 aromatic rings. The van der Waals surface area contributed by atoms with Crippen LogP contribution in [0.2, 0.25) is 0 Å². The van der Waals surface area contributed by atoms with Gasteiger partial charge in [-0.1, -0.05) is 0 Å². The van der Waals surface area contributed by atoms with E-state index in [1.807, 2.05) is 0 Å². The maximum atomic E-state index is 12.2. The van der Waals surface area contributed by atoms with Crippen LogP contribution in [0.3, 0.4) is 0 Å². The van der Waals surface area contributed by atoms with Gasteiger partial charge in [0.1, 0.15) is 11.5 Å². The molecule has 0 bridgehead atoms. The Bertz CT molecular complexity index is 1040. The number of nitrogens with zero attached hydrogens (tertiary/aromatic N) is 2. The van der Waals surface area contributed by atoms with Crippen LogP contribution in [0.1, 0.15) is 0 Å². The number of amides is 2. The average Bonchev–Trinajstić information content (AvgIpc) is 2.75. The smallest absolute Gasteiger partial charge is 0.481 e. The van der Waals surface area contributed by atoms with Gasteiger partial charge in [0.2, 0.25) is 11.8 Å². The van der Waals surface area contributed by atoms with E-state index in [1.165, 1.54) is 32.4 Å². The van der Waals surface area contributed by atoms with Crippen molar-refractivity contribution in [1.29, 1.82) is 0 Å². The second-order valence-electron chi connectivity index (χ2n) is 6.01. The van der Waals surface area contributed by atoms with Crippen molar-refractivity contribution in [1.82, 2.24) is 9.97 Å². The lowest BCUT2D eigenvalue weighted by atomic mass is 10.3. The van der Waals surface area contributed by atoms with Crippen molar-refractivity contribution >= 4 is 17.4 Å². The molecule has 168 valence electrons. The number of hydrogen-bond donors (Lipinski definition) is 2. The molecule has 0 aliphatic rings. The first-order chi connectivity index (χ1) is 15.2. The quantitative estimate of drug-likeness (QED) is 0.531. The Morgan fingerprint density at radius 1 is 0.812 bits per heavy atom. The summed E-state index contributed by atoms with van der Waals surface area (Å²) in [5, 5.41) is 5.08. The second kappa shape index (κ2) is 9.73. The van der Waals surface area contributed by atoms with E-state index in [0.29, 0.717) is 11.4 Å². The highest BCUT2D eigenvalue weighted by Crippen LogP contribution is 2.26. The van der Waals surface area contributed by atoms with Gasteiger partial charge in [-0.2, -0.15) is 9.97 Å². The summed E-state index contributed by atoms with van der Waals surface area (Å²) in [6, 6.07) is 12.0. The predicted molar refractivity (Wildman–Crippen MR) is 107 cm³/mol. The number of carbonyl (C=O) groups is 1. The summed E-state index contributed by atoms with van der Waals surface area (Å²) in [6.45, 7) is 0. The third kappa shape index (κ3) is 6.65. The molecule has 2 amide bonds. The standard InChI is InChI=1S/C20H17F3N4O5/c1-29-16-11-17(30-2)27-19(26-16)31-14-7-3-12(4-8-14)24-18(28)25-13-5-9-15(10-6-13)32-20(21,22)23/h3-11H,1-2H3,(H2,24,25,28). The summed E-state index contributed by atoms with van der Waals surface area (Å²) in [7, 11) is 2.89. The molecule has 3 rings (SSSR count). The van der Waals surface area contributed by atoms with Gasteiger partial charge in [-0.15, -0.1) is 13.2 Å². The first kappa shape index (κ1) is 22.5. The van der Waals surface area contributed by atoms with Crippen molar-refractivity contribution in [3.05, 3.63) is 54.6 Å². The normalized spacial score (nSPS) is 10.8. The number of nitrogens with one attached hydrogen (secondary N) is 2. The molecule has 1 aromatic heterocycles. The number of halogens is 3. The largest absolute Gasteiger partial charge is 0.573 e. The molecule has 0 saturated heterocycles. The van der Waals surface area contributed by atoms with E-state index >= 15 is 0 Å². The number of rotatable bonds is 7. The molecule has 32 heavy (non-hydrogen) atoms. The van der Waals surface area contributed by atoms with E-state index < -0.39 is 18.1 Å². The number of carbonyl (C=O) groups excluding carboxylic acids is 1. The fraction of sp³-hybridized carbons (Fsp3) is 0.150. The first-order valence-electron chi connectivity index (χ1n) is 8.93. The maximum absolute atomic E-state index is 12.2. The Kier molecular flexibility index (Phi) is 6.83. The fourth-order valence-corrected chi connectivity index (χ4v) is 2.38. The van der Waals surface area contributed by atoms with Crippen molar-refractivity contribution in [2.45, 2.75) is 6.36 Å². The first-order valence-corrected chi connectivity index (χ1v) is 8.93. The number of urea groups is 1. The molecule has 0 unspecified atom stereocenters. The van der Waals surface area contributed by atoms with Gasteiger partial charge in [-0.05, 0) is 48.5 Å². The highest BCUT2D eigenvalue weighted by molar-refractivity contribution is 5.99. The number of benzene rings is 2. The Hall–Kier alpha value is -4.22. The van der Waals surface area contributed by atoms with Gasteiger partial charge in [0.05, 0.1) is 20.3 Å². The minimum absolute atomic E-state index is 0.0117. The van der Waals surface area contributed by atoms with E-state index in [2.05, 4.69) is 25.3 Å². The highest BCUT2D eigenvalue weighted by Gasteiger charge is 2.30. The summed E-state index contributed by atoms with van der Waals surface area (Å²) in [6.07, 6.45) is -4.78. The number of aromatic nitrogens is 2. The van der Waals surface area contributed by atoms with Crippen LogP contribution < -0.4 is 29.6 Å². The number of ether oxygens (including phenoxy) is 4. The molecule has 0 fully saturated rings. The molecular formula is C20H17F3N4O5. The van der Waals surface area contributed by atoms with Crippen LogP contribution in [0.5, 0.6) is 29.3 Å². The van der Waals surface area contributed by atoms with Gasteiger partial charge in [-0.3, -0.25) is 0 Å². The molecule has 2 N–H and O–H groups in total. The van der Waals surface area contributed by atoms with Gasteiger partial charge >= 0.3 is 18.4 Å². The zero-order valence-corrected chi connectivity index (χ0v) is 16.8. The van der Waals surface area contributed by atoms with Gasteiger partial charge in [0.25, 0.3) is 0 Å². The van der Waals surface area contributed by atoms with Crippen LogP contribution in [0, 0.1) is 0 Å². The Balaban J connectivity index is 1.57. The van der Waals surface area contributed by atoms with Crippen LogP contribution in [0.4, 0.5) is 29.3 Å². The summed E-state index contributed by atoms with van der Waals surface area (Å²) < 4.78 is 56.0. The molecule has 0 spiro atoms. The fourth-order valence-electron chi connectivity index (χ4n) is 2.38. The van der Waals surface area contributed by atoms with Crippen molar-refractivity contribution < 1.29 is 36.9 Å². The van der Waals surface area contributed by atoms with E-state index in [9.17, 15) is 18.0 Å². The Labute approximate surface area is 180 Å². The summed E-state index contributed by atoms with van der Waals surface area (Å²) in [4.78, 5) is 20.2. The minimum Gasteiger partial charge on any atom is -0.481 e. The SMILES string of the molecule is COc1cc(OC)nc(Oc2ccc(NC(=O)Nc3ccc(OC(F)(F)F)cc3)cc2)n1. The van der Waals surface area contributed by atoms with Gasteiger partial charge in [0, 0.05) is 11.4 Å². The Morgan fingerprint density at radius 2 is 1.28 bits per heavy atom. The lowest BCUT2D eigenvalue weighted by Crippen LogP contribution is -2.19. The molecule has 0 radical (unpaired) electrons. The summed E-state index contributed by atoms with van der Waals surface area (Å²) in [5.41, 5.74) is 0.720. The van der Waals surface area contributed by atoms with E-state index in [0.717, 1.165) is 12.1 Å². The van der Waals surface area contributed by atoms with Crippen LogP contribution in [-0.2, 0) is 0 Å². The zero-order valence-electron chi connectivity index (χ0n) is 16.8. The predicted octanol–water partition coefficient (Wildman–Crippen LogP) is 4.83. The van der Waals surface area contributed by atoms with Crippen molar-refractivity contribution in [2.24, 2.45) is 0 Å². The number of methoxy groups -OCH3 is 2. The van der Waals surface area contributed by atoms with E-state index in [1.54, 1.807) is 24.3 Å². The molecular weight excluding hydrogens is 433 g/mol. The third-order valence-electron chi connectivity index (χ3n) is 3.74. The summed E-state index contributed by atoms with van der Waals surface area (Å²) >= 11 is 0. The summed E-state index contributed by atoms with van der Waals surface area (Å²) in [5.74, 6) is 0.530. The number of hydrogen-bond acceptors (Lipinski definition) is 7. The third-order valence-corrected chi connectivity index (χ3v) is 3.74. The topological polar surface area (TPSA) is 104 Å². The van der Waals surface area contributed by atoms with E-state index in [-0.39, 0.29) is 23.5 Å². The van der Waals surface area contributed by atoms with Crippen LogP contribution in [0.15, 0.2) is 54.6 Å². The van der Waals surface area contributed by atoms with Gasteiger partial charge in [-0.25, -0.2) is 4.79 Å². The molecule has 9 nitrogen and oxygen atoms in total. The van der Waals surface area contributed by atoms with Crippen LogP contribution >= 0.6 is 0 Å². The molecule has 0 saturated carbocycles. The molecule has 0 atom stereocenters. The lowest BCUT2D eigenvalue weighted by molar-refractivity contribution is -0.274. The number of anilines is 2. The van der Waals surface area contributed by atoms with Gasteiger partial charge < -0.3 is 29.6 Å². The molecule has 12 heteroatoms. The monoisotopic (exact) mass is 450 g/mol. The van der Waals surface area contributed by atoms with Gasteiger partial charge in [0.15, 0.2) is 0 Å².